The molecule has 27 heavy (non-hydrogen) atoms. The molecule has 0 amide bonds. The maximum Gasteiger partial charge on any atom is 0.331 e. The summed E-state index contributed by atoms with van der Waals surface area (Å²) in [5.74, 6) is 0.121. The van der Waals surface area contributed by atoms with Crippen molar-refractivity contribution in [3.63, 3.8) is 0 Å². The smallest absolute Gasteiger partial charge is 0.331 e. The summed E-state index contributed by atoms with van der Waals surface area (Å²) in [7, 11) is 0. The number of rotatable bonds is 5. The molecule has 3 heteroatoms. The Balaban J connectivity index is 1.74. The number of carbonyl (C=O) groups is 1. The summed E-state index contributed by atoms with van der Waals surface area (Å²) in [5.41, 5.74) is 2.79. The van der Waals surface area contributed by atoms with E-state index in [0.717, 1.165) is 23.3 Å². The highest BCUT2D eigenvalue weighted by Gasteiger charge is 2.66. The van der Waals surface area contributed by atoms with E-state index in [9.17, 15) is 4.79 Å². The van der Waals surface area contributed by atoms with Crippen molar-refractivity contribution in [3.05, 3.63) is 71.8 Å². The second kappa shape index (κ2) is 6.63. The van der Waals surface area contributed by atoms with Crippen LogP contribution in [0.4, 0.5) is 0 Å². The van der Waals surface area contributed by atoms with Crippen molar-refractivity contribution in [3.8, 4) is 0 Å². The van der Waals surface area contributed by atoms with Gasteiger partial charge in [0.2, 0.25) is 0 Å². The van der Waals surface area contributed by atoms with Gasteiger partial charge in [0.1, 0.15) is 5.60 Å². The molecule has 2 aromatic carbocycles. The van der Waals surface area contributed by atoms with Gasteiger partial charge in [0.25, 0.3) is 0 Å². The third-order valence-corrected chi connectivity index (χ3v) is 5.54. The van der Waals surface area contributed by atoms with Gasteiger partial charge in [-0.25, -0.2) is 4.79 Å². The number of hydrogen-bond donors (Lipinski definition) is 0. The zero-order valence-electron chi connectivity index (χ0n) is 16.3. The molecule has 0 bridgehead atoms. The van der Waals surface area contributed by atoms with Gasteiger partial charge < -0.3 is 4.74 Å². The van der Waals surface area contributed by atoms with Gasteiger partial charge in [-0.2, -0.15) is 0 Å². The second-order valence-electron chi connectivity index (χ2n) is 8.86. The van der Waals surface area contributed by atoms with Crippen LogP contribution >= 0.6 is 0 Å². The van der Waals surface area contributed by atoms with Crippen molar-refractivity contribution >= 4 is 11.7 Å². The molecule has 2 unspecified atom stereocenters. The summed E-state index contributed by atoms with van der Waals surface area (Å²) in [4.78, 5) is 18.1. The van der Waals surface area contributed by atoms with Crippen LogP contribution in [0.25, 0.3) is 0 Å². The fourth-order valence-electron chi connectivity index (χ4n) is 3.88. The zero-order valence-corrected chi connectivity index (χ0v) is 16.3. The number of hydrogen-bond acceptors (Lipinski definition) is 3. The Morgan fingerprint density at radius 1 is 1.00 bits per heavy atom. The van der Waals surface area contributed by atoms with E-state index in [1.807, 2.05) is 57.2 Å². The third-order valence-electron chi connectivity index (χ3n) is 5.54. The van der Waals surface area contributed by atoms with Crippen LogP contribution in [0.2, 0.25) is 0 Å². The monoisotopic (exact) mass is 361 g/mol. The zero-order chi connectivity index (χ0) is 19.1. The van der Waals surface area contributed by atoms with Crippen LogP contribution in [0.5, 0.6) is 0 Å². The standard InChI is InChI=1S/C24H27NO2/c1-23(2,3)27-22(26)21(19-16-24(19)14-15-24)25-20(17-10-6-4-7-11-17)18-12-8-5-9-13-18/h4-13,19,21H,14-16H2,1-3H3. The molecule has 2 aliphatic carbocycles. The number of nitrogens with zero attached hydrogens (tertiary/aromatic N) is 1. The number of esters is 1. The van der Waals surface area contributed by atoms with E-state index >= 15 is 0 Å². The molecule has 1 spiro atoms. The van der Waals surface area contributed by atoms with Crippen LogP contribution in [0, 0.1) is 11.3 Å². The Morgan fingerprint density at radius 2 is 1.52 bits per heavy atom. The van der Waals surface area contributed by atoms with E-state index in [2.05, 4.69) is 24.3 Å². The Labute approximate surface area is 161 Å². The summed E-state index contributed by atoms with van der Waals surface area (Å²) in [6.07, 6.45) is 3.54. The molecule has 140 valence electrons. The molecule has 0 aromatic heterocycles. The van der Waals surface area contributed by atoms with Crippen molar-refractivity contribution in [2.75, 3.05) is 0 Å². The van der Waals surface area contributed by atoms with Crippen LogP contribution < -0.4 is 0 Å². The molecule has 2 atom stereocenters. The maximum absolute atomic E-state index is 13.0. The Morgan fingerprint density at radius 3 is 1.93 bits per heavy atom. The molecule has 0 saturated heterocycles. The highest BCUT2D eigenvalue weighted by Crippen LogP contribution is 2.72. The predicted molar refractivity (Wildman–Crippen MR) is 108 cm³/mol. The van der Waals surface area contributed by atoms with Crippen LogP contribution in [-0.2, 0) is 9.53 Å². The normalized spacial score (nSPS) is 20.6. The largest absolute Gasteiger partial charge is 0.458 e. The van der Waals surface area contributed by atoms with Crippen LogP contribution in [-0.4, -0.2) is 23.3 Å². The molecule has 2 aliphatic rings. The molecule has 4 rings (SSSR count). The molecule has 0 aliphatic heterocycles. The first-order chi connectivity index (χ1) is 12.9. The highest BCUT2D eigenvalue weighted by molar-refractivity contribution is 6.13. The summed E-state index contributed by atoms with van der Waals surface area (Å²) in [5, 5.41) is 0. The molecule has 0 N–H and O–H groups in total. The maximum atomic E-state index is 13.0. The summed E-state index contributed by atoms with van der Waals surface area (Å²) < 4.78 is 5.75. The molecule has 2 aromatic rings. The molecule has 0 radical (unpaired) electrons. The Bertz CT molecular complexity index is 803. The minimum atomic E-state index is -0.504. The van der Waals surface area contributed by atoms with E-state index in [0.29, 0.717) is 11.3 Å². The first-order valence-corrected chi connectivity index (χ1v) is 9.80. The topological polar surface area (TPSA) is 38.7 Å². The molecule has 2 saturated carbocycles. The summed E-state index contributed by atoms with van der Waals surface area (Å²) in [6, 6.07) is 19.8. The average molecular weight is 361 g/mol. The lowest BCUT2D eigenvalue weighted by atomic mass is 10.0. The van der Waals surface area contributed by atoms with Crippen LogP contribution in [0.1, 0.15) is 51.2 Å². The first-order valence-electron chi connectivity index (χ1n) is 9.80. The fraction of sp³-hybridized carbons (Fsp3) is 0.417. The lowest BCUT2D eigenvalue weighted by Gasteiger charge is -2.23. The Hall–Kier alpha value is -2.42. The SMILES string of the molecule is CC(C)(C)OC(=O)C(N=C(c1ccccc1)c1ccccc1)C1CC12CC2. The number of benzene rings is 2. The fourth-order valence-corrected chi connectivity index (χ4v) is 3.88. The van der Waals surface area contributed by atoms with Gasteiger partial charge in [-0.05, 0) is 51.4 Å². The Kier molecular flexibility index (Phi) is 4.41. The third kappa shape index (κ3) is 3.97. The van der Waals surface area contributed by atoms with E-state index < -0.39 is 11.6 Å². The number of carbonyl (C=O) groups excluding carboxylic acids is 1. The second-order valence-corrected chi connectivity index (χ2v) is 8.86. The van der Waals surface area contributed by atoms with Crippen molar-refractivity contribution in [1.82, 2.24) is 0 Å². The van der Waals surface area contributed by atoms with Crippen LogP contribution in [0.3, 0.4) is 0 Å². The van der Waals surface area contributed by atoms with Gasteiger partial charge in [0, 0.05) is 11.1 Å². The van der Waals surface area contributed by atoms with Gasteiger partial charge >= 0.3 is 5.97 Å². The number of aliphatic imine (C=N–C) groups is 1. The van der Waals surface area contributed by atoms with Crippen molar-refractivity contribution < 1.29 is 9.53 Å². The van der Waals surface area contributed by atoms with Crippen molar-refractivity contribution in [2.45, 2.75) is 51.7 Å². The molecule has 3 nitrogen and oxygen atoms in total. The van der Waals surface area contributed by atoms with E-state index in [-0.39, 0.29) is 5.97 Å². The van der Waals surface area contributed by atoms with E-state index in [4.69, 9.17) is 9.73 Å². The van der Waals surface area contributed by atoms with Crippen molar-refractivity contribution in [1.29, 1.82) is 0 Å². The van der Waals surface area contributed by atoms with Gasteiger partial charge in [0.05, 0.1) is 5.71 Å². The average Bonchev–Trinajstić information content (AvgIpc) is 3.55. The minimum Gasteiger partial charge on any atom is -0.458 e. The van der Waals surface area contributed by atoms with Gasteiger partial charge in [-0.3, -0.25) is 4.99 Å². The van der Waals surface area contributed by atoms with Gasteiger partial charge in [0.15, 0.2) is 6.04 Å². The minimum absolute atomic E-state index is 0.194. The first kappa shape index (κ1) is 18.0. The number of ether oxygens (including phenoxy) is 1. The molecular formula is C24H27NO2. The molecule has 2 fully saturated rings. The molecular weight excluding hydrogens is 334 g/mol. The van der Waals surface area contributed by atoms with E-state index in [1.165, 1.54) is 12.8 Å². The van der Waals surface area contributed by atoms with Gasteiger partial charge in [-0.15, -0.1) is 0 Å². The predicted octanol–water partition coefficient (Wildman–Crippen LogP) is 5.03. The van der Waals surface area contributed by atoms with E-state index in [1.54, 1.807) is 0 Å². The van der Waals surface area contributed by atoms with Crippen LogP contribution in [0.15, 0.2) is 65.7 Å². The summed E-state index contributed by atoms with van der Waals surface area (Å²) in [6.45, 7) is 5.75. The lowest BCUT2D eigenvalue weighted by Crippen LogP contribution is -2.33. The van der Waals surface area contributed by atoms with Crippen molar-refractivity contribution in [2.24, 2.45) is 16.3 Å². The highest BCUT2D eigenvalue weighted by atomic mass is 16.6. The molecule has 0 heterocycles. The van der Waals surface area contributed by atoms with Gasteiger partial charge in [-0.1, -0.05) is 60.7 Å². The summed E-state index contributed by atoms with van der Waals surface area (Å²) >= 11 is 0. The lowest BCUT2D eigenvalue weighted by molar-refractivity contribution is -0.157. The quantitative estimate of drug-likeness (QED) is 0.553.